The molecule has 2 aromatic carbocycles. The van der Waals surface area contributed by atoms with Crippen molar-refractivity contribution in [2.24, 2.45) is 0 Å². The molecule has 0 radical (unpaired) electrons. The maximum atomic E-state index is 13.7. The van der Waals surface area contributed by atoms with Crippen molar-refractivity contribution in [1.82, 2.24) is 10.2 Å². The van der Waals surface area contributed by atoms with Gasteiger partial charge >= 0.3 is 0 Å². The molecular formula is C26H35N3O7S. The van der Waals surface area contributed by atoms with Crippen molar-refractivity contribution in [2.75, 3.05) is 30.5 Å². The summed E-state index contributed by atoms with van der Waals surface area (Å²) < 4.78 is 43.2. The molecule has 2 aromatic rings. The third-order valence-electron chi connectivity index (χ3n) is 5.78. The Balaban J connectivity index is 1.96. The Kier molecular flexibility index (Phi) is 8.57. The average molecular weight is 534 g/mol. The molecule has 0 spiro atoms. The summed E-state index contributed by atoms with van der Waals surface area (Å²) in [6.45, 7) is 8.30. The predicted molar refractivity (Wildman–Crippen MR) is 140 cm³/mol. The number of fused-ring (bicyclic) bond motifs is 1. The summed E-state index contributed by atoms with van der Waals surface area (Å²) in [5, 5.41) is 2.90. The molecule has 11 heteroatoms. The second-order valence-electron chi connectivity index (χ2n) is 9.73. The van der Waals surface area contributed by atoms with E-state index in [9.17, 15) is 18.0 Å². The van der Waals surface area contributed by atoms with Gasteiger partial charge in [0.2, 0.25) is 28.6 Å². The number of sulfonamides is 1. The highest BCUT2D eigenvalue weighted by Crippen LogP contribution is 2.36. The Hall–Kier alpha value is -3.47. The van der Waals surface area contributed by atoms with E-state index in [2.05, 4.69) is 5.32 Å². The number of benzene rings is 2. The maximum absolute atomic E-state index is 13.7. The second-order valence-corrected chi connectivity index (χ2v) is 11.9. The summed E-state index contributed by atoms with van der Waals surface area (Å²) in [6.07, 6.45) is 0. The van der Waals surface area contributed by atoms with Crippen molar-refractivity contribution in [3.8, 4) is 17.2 Å². The minimum Gasteiger partial charge on any atom is -0.497 e. The van der Waals surface area contributed by atoms with Crippen molar-refractivity contribution in [1.29, 1.82) is 0 Å². The van der Waals surface area contributed by atoms with Gasteiger partial charge in [0.15, 0.2) is 11.5 Å². The molecule has 1 heterocycles. The van der Waals surface area contributed by atoms with E-state index in [0.29, 0.717) is 17.2 Å². The van der Waals surface area contributed by atoms with Crippen LogP contribution in [0.25, 0.3) is 0 Å². The lowest BCUT2D eigenvalue weighted by atomic mass is 10.1. The lowest BCUT2D eigenvalue weighted by Crippen LogP contribution is -2.54. The molecule has 0 saturated carbocycles. The molecule has 37 heavy (non-hydrogen) atoms. The van der Waals surface area contributed by atoms with Gasteiger partial charge in [-0.15, -0.1) is 0 Å². The SMILES string of the molecule is CCS(=O)(=O)N(CC(=O)N(Cc1cccc(OC)c1)[C@@H](C)C(=O)NC(C)(C)C)c1ccc2c(c1)OCO2. The Morgan fingerprint density at radius 3 is 2.46 bits per heavy atom. The van der Waals surface area contributed by atoms with Crippen LogP contribution in [0.15, 0.2) is 42.5 Å². The van der Waals surface area contributed by atoms with Gasteiger partial charge in [0.05, 0.1) is 18.6 Å². The quantitative estimate of drug-likeness (QED) is 0.499. The number of rotatable bonds is 10. The van der Waals surface area contributed by atoms with Crippen LogP contribution >= 0.6 is 0 Å². The van der Waals surface area contributed by atoms with Crippen molar-refractivity contribution in [3.05, 3.63) is 48.0 Å². The fraction of sp³-hybridized carbons (Fsp3) is 0.462. The summed E-state index contributed by atoms with van der Waals surface area (Å²) in [6, 6.07) is 11.0. The fourth-order valence-electron chi connectivity index (χ4n) is 3.78. The maximum Gasteiger partial charge on any atom is 0.244 e. The molecule has 0 bridgehead atoms. The zero-order valence-electron chi connectivity index (χ0n) is 22.1. The first kappa shape index (κ1) is 28.1. The molecule has 0 saturated heterocycles. The molecule has 3 rings (SSSR count). The first-order chi connectivity index (χ1) is 17.3. The monoisotopic (exact) mass is 533 g/mol. The van der Waals surface area contributed by atoms with Crippen LogP contribution in [-0.2, 0) is 26.2 Å². The second kappa shape index (κ2) is 11.3. The number of anilines is 1. The number of carbonyl (C=O) groups excluding carboxylic acids is 2. The predicted octanol–water partition coefficient (Wildman–Crippen LogP) is 2.91. The Morgan fingerprint density at radius 1 is 1.11 bits per heavy atom. The Labute approximate surface area is 218 Å². The van der Waals surface area contributed by atoms with Gasteiger partial charge < -0.3 is 24.4 Å². The largest absolute Gasteiger partial charge is 0.497 e. The molecule has 0 fully saturated rings. The molecular weight excluding hydrogens is 498 g/mol. The average Bonchev–Trinajstić information content (AvgIpc) is 3.32. The summed E-state index contributed by atoms with van der Waals surface area (Å²) >= 11 is 0. The van der Waals surface area contributed by atoms with Crippen LogP contribution in [0.3, 0.4) is 0 Å². The topological polar surface area (TPSA) is 114 Å². The third kappa shape index (κ3) is 7.06. The normalized spacial score (nSPS) is 13.6. The van der Waals surface area contributed by atoms with E-state index < -0.39 is 34.1 Å². The molecule has 1 aliphatic heterocycles. The van der Waals surface area contributed by atoms with Crippen molar-refractivity contribution in [2.45, 2.75) is 52.7 Å². The van der Waals surface area contributed by atoms with E-state index in [1.165, 1.54) is 17.9 Å². The van der Waals surface area contributed by atoms with Crippen molar-refractivity contribution < 1.29 is 32.2 Å². The Bertz CT molecular complexity index is 1240. The van der Waals surface area contributed by atoms with Gasteiger partial charge in [0, 0.05) is 18.2 Å². The lowest BCUT2D eigenvalue weighted by Gasteiger charge is -2.33. The van der Waals surface area contributed by atoms with E-state index in [4.69, 9.17) is 14.2 Å². The highest BCUT2D eigenvalue weighted by molar-refractivity contribution is 7.92. The number of hydrogen-bond acceptors (Lipinski definition) is 7. The number of nitrogens with one attached hydrogen (secondary N) is 1. The van der Waals surface area contributed by atoms with E-state index in [1.54, 1.807) is 44.4 Å². The zero-order valence-corrected chi connectivity index (χ0v) is 22.9. The molecule has 0 unspecified atom stereocenters. The van der Waals surface area contributed by atoms with Gasteiger partial charge in [-0.05, 0) is 64.4 Å². The fourth-order valence-corrected chi connectivity index (χ4v) is 4.84. The number of methoxy groups -OCH3 is 1. The summed E-state index contributed by atoms with van der Waals surface area (Å²) in [5.41, 5.74) is 0.490. The highest BCUT2D eigenvalue weighted by Gasteiger charge is 2.32. The molecule has 0 aliphatic carbocycles. The number of carbonyl (C=O) groups is 2. The molecule has 1 atom stereocenters. The summed E-state index contributed by atoms with van der Waals surface area (Å²) in [7, 11) is -2.31. The van der Waals surface area contributed by atoms with Gasteiger partial charge in [0.25, 0.3) is 0 Å². The van der Waals surface area contributed by atoms with Crippen LogP contribution in [0, 0.1) is 0 Å². The van der Waals surface area contributed by atoms with Crippen LogP contribution in [-0.4, -0.2) is 62.9 Å². The van der Waals surface area contributed by atoms with Crippen LogP contribution in [0.1, 0.15) is 40.2 Å². The van der Waals surface area contributed by atoms with Crippen molar-refractivity contribution in [3.63, 3.8) is 0 Å². The van der Waals surface area contributed by atoms with Gasteiger partial charge in [-0.3, -0.25) is 13.9 Å². The van der Waals surface area contributed by atoms with Crippen LogP contribution in [0.2, 0.25) is 0 Å². The van der Waals surface area contributed by atoms with Gasteiger partial charge in [-0.25, -0.2) is 8.42 Å². The molecule has 1 aliphatic rings. The zero-order chi connectivity index (χ0) is 27.4. The Morgan fingerprint density at radius 2 is 1.81 bits per heavy atom. The minimum atomic E-state index is -3.85. The van der Waals surface area contributed by atoms with Crippen LogP contribution < -0.4 is 23.8 Å². The third-order valence-corrected chi connectivity index (χ3v) is 7.52. The first-order valence-electron chi connectivity index (χ1n) is 12.0. The molecule has 2 amide bonds. The highest BCUT2D eigenvalue weighted by atomic mass is 32.2. The van der Waals surface area contributed by atoms with E-state index in [-0.39, 0.29) is 30.7 Å². The smallest absolute Gasteiger partial charge is 0.244 e. The van der Waals surface area contributed by atoms with Crippen molar-refractivity contribution >= 4 is 27.5 Å². The van der Waals surface area contributed by atoms with E-state index >= 15 is 0 Å². The van der Waals surface area contributed by atoms with Gasteiger partial charge in [0.1, 0.15) is 18.3 Å². The van der Waals surface area contributed by atoms with Gasteiger partial charge in [-0.2, -0.15) is 0 Å². The summed E-state index contributed by atoms with van der Waals surface area (Å²) in [4.78, 5) is 28.2. The molecule has 10 nitrogen and oxygen atoms in total. The lowest BCUT2D eigenvalue weighted by molar-refractivity contribution is -0.140. The number of ether oxygens (including phenoxy) is 3. The molecule has 0 aromatic heterocycles. The van der Waals surface area contributed by atoms with E-state index in [0.717, 1.165) is 9.87 Å². The van der Waals surface area contributed by atoms with E-state index in [1.807, 2.05) is 26.8 Å². The van der Waals surface area contributed by atoms with Crippen LogP contribution in [0.4, 0.5) is 5.69 Å². The number of hydrogen-bond donors (Lipinski definition) is 1. The minimum absolute atomic E-state index is 0.0347. The molecule has 1 N–H and O–H groups in total. The first-order valence-corrected chi connectivity index (χ1v) is 13.6. The van der Waals surface area contributed by atoms with Gasteiger partial charge in [-0.1, -0.05) is 12.1 Å². The van der Waals surface area contributed by atoms with Crippen LogP contribution in [0.5, 0.6) is 17.2 Å². The number of amides is 2. The number of nitrogens with zero attached hydrogens (tertiary/aromatic N) is 2. The summed E-state index contributed by atoms with van der Waals surface area (Å²) in [5.74, 6) is 0.395. The molecule has 202 valence electrons. The standard InChI is InChI=1S/C26H35N3O7S/c1-7-37(32,33)29(20-11-12-22-23(14-20)36-17-35-22)16-24(30)28(18(2)25(31)27-26(3,4)5)15-19-9-8-10-21(13-19)34-6/h8-14,18H,7,15-17H2,1-6H3,(H,27,31)/t18-/m0/s1.